The number of hydrogen-bond acceptors (Lipinski definition) is 2. The van der Waals surface area contributed by atoms with Crippen LogP contribution in [-0.4, -0.2) is 32.1 Å². The minimum atomic E-state index is 0.978. The summed E-state index contributed by atoms with van der Waals surface area (Å²) in [7, 11) is 4.20. The molecule has 0 atom stereocenters. The van der Waals surface area contributed by atoms with Gasteiger partial charge in [-0.2, -0.15) is 0 Å². The molecule has 0 aromatic heterocycles. The molecule has 1 aromatic carbocycles. The van der Waals surface area contributed by atoms with Crippen LogP contribution < -0.4 is 5.32 Å². The number of benzene rings is 1. The highest BCUT2D eigenvalue weighted by Crippen LogP contribution is 2.15. The maximum Gasteiger partial charge on any atom is 0.0211 e. The fraction of sp³-hybridized carbons (Fsp3) is 0.571. The van der Waals surface area contributed by atoms with Gasteiger partial charge >= 0.3 is 0 Å². The maximum atomic E-state index is 3.49. The van der Waals surface area contributed by atoms with Gasteiger partial charge in [0.25, 0.3) is 0 Å². The van der Waals surface area contributed by atoms with E-state index in [9.17, 15) is 0 Å². The smallest absolute Gasteiger partial charge is 0.0211 e. The highest BCUT2D eigenvalue weighted by molar-refractivity contribution is 5.37. The fourth-order valence-corrected chi connectivity index (χ4v) is 2.00. The van der Waals surface area contributed by atoms with Gasteiger partial charge in [0, 0.05) is 19.6 Å². The molecular weight excluding hydrogens is 196 g/mol. The lowest BCUT2D eigenvalue weighted by atomic mass is 10.00. The van der Waals surface area contributed by atoms with Gasteiger partial charge in [0.2, 0.25) is 0 Å². The predicted molar refractivity (Wildman–Crippen MR) is 70.9 cm³/mol. The van der Waals surface area contributed by atoms with Crippen LogP contribution in [0.4, 0.5) is 0 Å². The van der Waals surface area contributed by atoms with Crippen LogP contribution >= 0.6 is 0 Å². The molecule has 16 heavy (non-hydrogen) atoms. The molecule has 0 fully saturated rings. The van der Waals surface area contributed by atoms with E-state index in [1.165, 1.54) is 22.3 Å². The quantitative estimate of drug-likeness (QED) is 0.766. The van der Waals surface area contributed by atoms with Crippen molar-refractivity contribution >= 4 is 0 Å². The molecule has 0 heterocycles. The number of aryl methyl sites for hydroxylation is 3. The summed E-state index contributed by atoms with van der Waals surface area (Å²) in [5.74, 6) is 0. The SMILES string of the molecule is Cc1cc(C)c(CNCCN(C)C)c(C)c1. The number of nitrogens with one attached hydrogen (secondary N) is 1. The van der Waals surface area contributed by atoms with Crippen LogP contribution in [0.2, 0.25) is 0 Å². The monoisotopic (exact) mass is 220 g/mol. The third-order valence-corrected chi connectivity index (χ3v) is 2.88. The number of likely N-dealkylation sites (N-methyl/N-ethyl adjacent to an activating group) is 1. The molecule has 90 valence electrons. The van der Waals surface area contributed by atoms with Crippen molar-refractivity contribution in [2.24, 2.45) is 0 Å². The topological polar surface area (TPSA) is 15.3 Å². The normalized spacial score (nSPS) is 11.1. The Hall–Kier alpha value is -0.860. The third kappa shape index (κ3) is 3.95. The van der Waals surface area contributed by atoms with Crippen molar-refractivity contribution in [3.05, 3.63) is 34.4 Å². The van der Waals surface area contributed by atoms with Crippen molar-refractivity contribution < 1.29 is 0 Å². The summed E-state index contributed by atoms with van der Waals surface area (Å²) >= 11 is 0. The summed E-state index contributed by atoms with van der Waals surface area (Å²) in [4.78, 5) is 2.20. The number of nitrogens with zero attached hydrogens (tertiary/aromatic N) is 1. The van der Waals surface area contributed by atoms with E-state index in [-0.39, 0.29) is 0 Å². The lowest BCUT2D eigenvalue weighted by Gasteiger charge is -2.14. The molecule has 0 saturated heterocycles. The lowest BCUT2D eigenvalue weighted by molar-refractivity contribution is 0.400. The highest BCUT2D eigenvalue weighted by atomic mass is 15.1. The number of rotatable bonds is 5. The molecule has 0 aliphatic heterocycles. The number of hydrogen-bond donors (Lipinski definition) is 1. The molecule has 2 nitrogen and oxygen atoms in total. The van der Waals surface area contributed by atoms with Crippen molar-refractivity contribution in [3.8, 4) is 0 Å². The molecule has 0 aliphatic rings. The first kappa shape index (κ1) is 13.2. The Morgan fingerprint density at radius 3 is 2.12 bits per heavy atom. The van der Waals surface area contributed by atoms with Gasteiger partial charge in [0.15, 0.2) is 0 Å². The van der Waals surface area contributed by atoms with E-state index in [0.29, 0.717) is 0 Å². The summed E-state index contributed by atoms with van der Waals surface area (Å²) in [5, 5.41) is 3.49. The van der Waals surface area contributed by atoms with Crippen molar-refractivity contribution in [1.29, 1.82) is 0 Å². The van der Waals surface area contributed by atoms with Crippen LogP contribution in [0.3, 0.4) is 0 Å². The first-order valence-electron chi connectivity index (χ1n) is 5.93. The maximum absolute atomic E-state index is 3.49. The standard InChI is InChI=1S/C14H24N2/c1-11-8-12(2)14(13(3)9-11)10-15-6-7-16(4)5/h8-9,15H,6-7,10H2,1-5H3. The first-order chi connectivity index (χ1) is 7.50. The Morgan fingerprint density at radius 1 is 1.06 bits per heavy atom. The van der Waals surface area contributed by atoms with E-state index in [4.69, 9.17) is 0 Å². The highest BCUT2D eigenvalue weighted by Gasteiger charge is 2.03. The van der Waals surface area contributed by atoms with Crippen LogP contribution in [0, 0.1) is 20.8 Å². The van der Waals surface area contributed by atoms with Gasteiger partial charge in [-0.3, -0.25) is 0 Å². The van der Waals surface area contributed by atoms with E-state index in [1.54, 1.807) is 0 Å². The molecule has 1 N–H and O–H groups in total. The zero-order valence-corrected chi connectivity index (χ0v) is 11.2. The molecule has 1 rings (SSSR count). The zero-order valence-electron chi connectivity index (χ0n) is 11.2. The summed E-state index contributed by atoms with van der Waals surface area (Å²) in [6.07, 6.45) is 0. The van der Waals surface area contributed by atoms with Crippen molar-refractivity contribution in [1.82, 2.24) is 10.2 Å². The van der Waals surface area contributed by atoms with Gasteiger partial charge in [0.05, 0.1) is 0 Å². The third-order valence-electron chi connectivity index (χ3n) is 2.88. The van der Waals surface area contributed by atoms with E-state index in [0.717, 1.165) is 19.6 Å². The van der Waals surface area contributed by atoms with E-state index in [1.807, 2.05) is 0 Å². The summed E-state index contributed by atoms with van der Waals surface area (Å²) in [5.41, 5.74) is 5.60. The Balaban J connectivity index is 2.54. The summed E-state index contributed by atoms with van der Waals surface area (Å²) in [6.45, 7) is 9.66. The minimum absolute atomic E-state index is 0.978. The second-order valence-electron chi connectivity index (χ2n) is 4.86. The molecule has 0 bridgehead atoms. The average Bonchev–Trinajstić information content (AvgIpc) is 2.14. The molecule has 0 saturated carbocycles. The van der Waals surface area contributed by atoms with Crippen molar-refractivity contribution in [2.45, 2.75) is 27.3 Å². The largest absolute Gasteiger partial charge is 0.311 e. The minimum Gasteiger partial charge on any atom is -0.311 e. The first-order valence-corrected chi connectivity index (χ1v) is 5.93. The lowest BCUT2D eigenvalue weighted by Crippen LogP contribution is -2.26. The van der Waals surface area contributed by atoms with Crippen LogP contribution in [-0.2, 0) is 6.54 Å². The fourth-order valence-electron chi connectivity index (χ4n) is 2.00. The van der Waals surface area contributed by atoms with Gasteiger partial charge in [-0.25, -0.2) is 0 Å². The van der Waals surface area contributed by atoms with Gasteiger partial charge in [0.1, 0.15) is 0 Å². The van der Waals surface area contributed by atoms with Gasteiger partial charge in [-0.1, -0.05) is 17.7 Å². The van der Waals surface area contributed by atoms with Crippen LogP contribution in [0.15, 0.2) is 12.1 Å². The van der Waals surface area contributed by atoms with Crippen LogP contribution in [0.1, 0.15) is 22.3 Å². The Morgan fingerprint density at radius 2 is 1.62 bits per heavy atom. The Labute approximate surface area is 99.7 Å². The molecule has 0 amide bonds. The second kappa shape index (κ2) is 6.02. The van der Waals surface area contributed by atoms with Crippen LogP contribution in [0.5, 0.6) is 0 Å². The Kier molecular flexibility index (Phi) is 4.97. The zero-order chi connectivity index (χ0) is 12.1. The van der Waals surface area contributed by atoms with E-state index in [2.05, 4.69) is 57.2 Å². The molecule has 0 aliphatic carbocycles. The van der Waals surface area contributed by atoms with E-state index >= 15 is 0 Å². The average molecular weight is 220 g/mol. The van der Waals surface area contributed by atoms with Crippen molar-refractivity contribution in [3.63, 3.8) is 0 Å². The van der Waals surface area contributed by atoms with Gasteiger partial charge in [-0.15, -0.1) is 0 Å². The molecule has 0 unspecified atom stereocenters. The molecular formula is C14H24N2. The Bertz CT molecular complexity index is 320. The van der Waals surface area contributed by atoms with E-state index < -0.39 is 0 Å². The molecule has 0 spiro atoms. The van der Waals surface area contributed by atoms with Crippen molar-refractivity contribution in [2.75, 3.05) is 27.2 Å². The molecule has 1 aromatic rings. The summed E-state index contributed by atoms with van der Waals surface area (Å²) in [6, 6.07) is 4.52. The van der Waals surface area contributed by atoms with Gasteiger partial charge in [-0.05, 0) is 51.6 Å². The molecule has 2 heteroatoms. The van der Waals surface area contributed by atoms with Gasteiger partial charge < -0.3 is 10.2 Å². The predicted octanol–water partition coefficient (Wildman–Crippen LogP) is 2.26. The second-order valence-corrected chi connectivity index (χ2v) is 4.86. The summed E-state index contributed by atoms with van der Waals surface area (Å²) < 4.78 is 0. The molecule has 0 radical (unpaired) electrons. The van der Waals surface area contributed by atoms with Crippen LogP contribution in [0.25, 0.3) is 0 Å².